The molecular weight excluding hydrogens is 326 g/mol. The van der Waals surface area contributed by atoms with E-state index in [1.165, 1.54) is 34.5 Å². The molecule has 0 aliphatic carbocycles. The van der Waals surface area contributed by atoms with Crippen molar-refractivity contribution in [3.05, 3.63) is 35.9 Å². The number of nitrogens with one attached hydrogen (secondary N) is 1. The highest BCUT2D eigenvalue weighted by atomic mass is 16.5. The molecule has 2 rings (SSSR count). The van der Waals surface area contributed by atoms with E-state index in [1.807, 2.05) is 0 Å². The lowest BCUT2D eigenvalue weighted by molar-refractivity contribution is -0.115. The Kier molecular flexibility index (Phi) is 5.94. The largest absolute Gasteiger partial charge is 0.504 e. The molecule has 0 aliphatic heterocycles. The first kappa shape index (κ1) is 18.3. The van der Waals surface area contributed by atoms with Crippen LogP contribution < -0.4 is 24.3 Å². The lowest BCUT2D eigenvalue weighted by Gasteiger charge is -2.14. The van der Waals surface area contributed by atoms with E-state index < -0.39 is 0 Å². The van der Waals surface area contributed by atoms with Gasteiger partial charge in [0.25, 0.3) is 0 Å². The summed E-state index contributed by atoms with van der Waals surface area (Å²) in [5.74, 6) is 1.49. The number of phenolic OH excluding ortho intramolecular Hbond substituents is 1. The second-order valence-electron chi connectivity index (χ2n) is 5.15. The van der Waals surface area contributed by atoms with Crippen molar-refractivity contribution in [3.8, 4) is 28.7 Å². The van der Waals surface area contributed by atoms with E-state index >= 15 is 0 Å². The van der Waals surface area contributed by atoms with Crippen molar-refractivity contribution < 1.29 is 28.8 Å². The number of hydrogen-bond donors (Lipinski definition) is 2. The highest BCUT2D eigenvalue weighted by molar-refractivity contribution is 5.92. The molecule has 0 heterocycles. The maximum absolute atomic E-state index is 12.3. The van der Waals surface area contributed by atoms with Crippen molar-refractivity contribution in [1.29, 1.82) is 0 Å². The molecule has 0 aliphatic rings. The number of carbonyl (C=O) groups is 1. The molecule has 25 heavy (non-hydrogen) atoms. The second kappa shape index (κ2) is 8.14. The Hall–Kier alpha value is -3.09. The summed E-state index contributed by atoms with van der Waals surface area (Å²) in [7, 11) is 6.00. The first-order valence-electron chi connectivity index (χ1n) is 7.48. The summed E-state index contributed by atoms with van der Waals surface area (Å²) in [6.45, 7) is 0. The minimum absolute atomic E-state index is 0.00475. The summed E-state index contributed by atoms with van der Waals surface area (Å²) in [5.41, 5.74) is 1.23. The summed E-state index contributed by atoms with van der Waals surface area (Å²) >= 11 is 0. The Morgan fingerprint density at radius 2 is 1.52 bits per heavy atom. The number of ether oxygens (including phenoxy) is 4. The fourth-order valence-electron chi connectivity index (χ4n) is 2.38. The smallest absolute Gasteiger partial charge is 0.228 e. The molecule has 2 aromatic carbocycles. The zero-order chi connectivity index (χ0) is 18.4. The number of rotatable bonds is 7. The number of methoxy groups -OCH3 is 4. The zero-order valence-electron chi connectivity index (χ0n) is 14.6. The third-order valence-corrected chi connectivity index (χ3v) is 3.55. The van der Waals surface area contributed by atoms with Gasteiger partial charge in [-0.2, -0.15) is 0 Å². The van der Waals surface area contributed by atoms with Gasteiger partial charge in [-0.15, -0.1) is 0 Å². The van der Waals surface area contributed by atoms with E-state index in [2.05, 4.69) is 5.32 Å². The third-order valence-electron chi connectivity index (χ3n) is 3.55. The molecule has 0 saturated heterocycles. The highest BCUT2D eigenvalue weighted by Crippen LogP contribution is 2.38. The van der Waals surface area contributed by atoms with Crippen molar-refractivity contribution in [2.75, 3.05) is 33.8 Å². The highest BCUT2D eigenvalue weighted by Gasteiger charge is 2.15. The van der Waals surface area contributed by atoms with Crippen LogP contribution in [0.15, 0.2) is 30.3 Å². The molecule has 7 heteroatoms. The maximum Gasteiger partial charge on any atom is 0.228 e. The van der Waals surface area contributed by atoms with Gasteiger partial charge >= 0.3 is 0 Å². The van der Waals surface area contributed by atoms with Gasteiger partial charge in [-0.1, -0.05) is 0 Å². The number of hydrogen-bond acceptors (Lipinski definition) is 6. The first-order chi connectivity index (χ1) is 12.0. The maximum atomic E-state index is 12.3. The Bertz CT molecular complexity index is 734. The molecule has 134 valence electrons. The van der Waals surface area contributed by atoms with Crippen LogP contribution in [0, 0.1) is 0 Å². The monoisotopic (exact) mass is 347 g/mol. The summed E-state index contributed by atoms with van der Waals surface area (Å²) in [4.78, 5) is 12.3. The standard InChI is InChI=1S/C18H21NO6/c1-22-14-10-12(5-6-13(14)20)19-17(21)9-11-7-15(23-2)18(25-4)16(8-11)24-3/h5-8,10,20H,9H2,1-4H3,(H,19,21). The molecule has 0 atom stereocenters. The van der Waals surface area contributed by atoms with Crippen LogP contribution in [0.1, 0.15) is 5.56 Å². The SMILES string of the molecule is COc1cc(NC(=O)Cc2cc(OC)c(OC)c(OC)c2)ccc1O. The van der Waals surface area contributed by atoms with Crippen molar-refractivity contribution in [2.45, 2.75) is 6.42 Å². The molecule has 2 aromatic rings. The van der Waals surface area contributed by atoms with Gasteiger partial charge in [-0.25, -0.2) is 0 Å². The van der Waals surface area contributed by atoms with Crippen LogP contribution in [-0.4, -0.2) is 39.5 Å². The second-order valence-corrected chi connectivity index (χ2v) is 5.15. The Balaban J connectivity index is 2.17. The quantitative estimate of drug-likeness (QED) is 0.749. The Labute approximate surface area is 146 Å². The van der Waals surface area contributed by atoms with Gasteiger partial charge < -0.3 is 29.4 Å². The van der Waals surface area contributed by atoms with Crippen molar-refractivity contribution in [3.63, 3.8) is 0 Å². The predicted molar refractivity (Wildman–Crippen MR) is 93.1 cm³/mol. The fourth-order valence-corrected chi connectivity index (χ4v) is 2.38. The van der Waals surface area contributed by atoms with E-state index in [-0.39, 0.29) is 23.8 Å². The van der Waals surface area contributed by atoms with Crippen LogP contribution in [0.4, 0.5) is 5.69 Å². The molecule has 0 fully saturated rings. The molecule has 0 spiro atoms. The average Bonchev–Trinajstić information content (AvgIpc) is 2.62. The van der Waals surface area contributed by atoms with Gasteiger partial charge in [0.05, 0.1) is 34.9 Å². The first-order valence-corrected chi connectivity index (χ1v) is 7.48. The molecule has 7 nitrogen and oxygen atoms in total. The molecule has 1 amide bonds. The lowest BCUT2D eigenvalue weighted by Crippen LogP contribution is -2.14. The number of amides is 1. The molecule has 2 N–H and O–H groups in total. The minimum Gasteiger partial charge on any atom is -0.504 e. The van der Waals surface area contributed by atoms with E-state index in [0.717, 1.165) is 0 Å². The van der Waals surface area contributed by atoms with E-state index in [9.17, 15) is 9.90 Å². The van der Waals surface area contributed by atoms with Crippen LogP contribution in [0.3, 0.4) is 0 Å². The number of anilines is 1. The number of aromatic hydroxyl groups is 1. The van der Waals surface area contributed by atoms with Crippen LogP contribution in [-0.2, 0) is 11.2 Å². The normalized spacial score (nSPS) is 10.1. The van der Waals surface area contributed by atoms with Crippen molar-refractivity contribution >= 4 is 11.6 Å². The van der Waals surface area contributed by atoms with Crippen molar-refractivity contribution in [1.82, 2.24) is 0 Å². The van der Waals surface area contributed by atoms with Gasteiger partial charge in [0, 0.05) is 11.8 Å². The summed E-state index contributed by atoms with van der Waals surface area (Å²) < 4.78 is 20.8. The van der Waals surface area contributed by atoms with Gasteiger partial charge in [0.1, 0.15) is 0 Å². The van der Waals surface area contributed by atoms with Crippen molar-refractivity contribution in [2.24, 2.45) is 0 Å². The minimum atomic E-state index is -0.234. The molecular formula is C18H21NO6. The Morgan fingerprint density at radius 3 is 2.04 bits per heavy atom. The molecule has 0 bridgehead atoms. The molecule has 0 unspecified atom stereocenters. The van der Waals surface area contributed by atoms with Crippen LogP contribution >= 0.6 is 0 Å². The number of carbonyl (C=O) groups excluding carboxylic acids is 1. The summed E-state index contributed by atoms with van der Waals surface area (Å²) in [5, 5.41) is 12.3. The van der Waals surface area contributed by atoms with E-state index in [0.29, 0.717) is 28.5 Å². The van der Waals surface area contributed by atoms with Crippen LogP contribution in [0.2, 0.25) is 0 Å². The van der Waals surface area contributed by atoms with Gasteiger partial charge in [-0.05, 0) is 29.8 Å². The third kappa shape index (κ3) is 4.26. The fraction of sp³-hybridized carbons (Fsp3) is 0.278. The van der Waals surface area contributed by atoms with Crippen LogP contribution in [0.25, 0.3) is 0 Å². The number of benzene rings is 2. The van der Waals surface area contributed by atoms with Gasteiger partial charge in [-0.3, -0.25) is 4.79 Å². The predicted octanol–water partition coefficient (Wildman–Crippen LogP) is 2.61. The summed E-state index contributed by atoms with van der Waals surface area (Å²) in [6, 6.07) is 8.03. The number of phenols is 1. The zero-order valence-corrected chi connectivity index (χ0v) is 14.6. The molecule has 0 saturated carbocycles. The molecule has 0 aromatic heterocycles. The topological polar surface area (TPSA) is 86.3 Å². The average molecular weight is 347 g/mol. The Morgan fingerprint density at radius 1 is 0.920 bits per heavy atom. The van der Waals surface area contributed by atoms with Gasteiger partial charge in [0.15, 0.2) is 23.0 Å². The summed E-state index contributed by atoms with van der Waals surface area (Å²) in [6.07, 6.45) is 0.111. The molecule has 0 radical (unpaired) electrons. The van der Waals surface area contributed by atoms with E-state index in [1.54, 1.807) is 24.3 Å². The lowest BCUT2D eigenvalue weighted by atomic mass is 10.1. The van der Waals surface area contributed by atoms with Crippen LogP contribution in [0.5, 0.6) is 28.7 Å². The van der Waals surface area contributed by atoms with Gasteiger partial charge in [0.2, 0.25) is 11.7 Å². The van der Waals surface area contributed by atoms with E-state index in [4.69, 9.17) is 18.9 Å².